The largest absolute Gasteiger partial charge is 0.474 e. The van der Waals surface area contributed by atoms with E-state index in [4.69, 9.17) is 13.6 Å². The molecule has 0 amide bonds. The van der Waals surface area contributed by atoms with E-state index < -0.39 is 7.82 Å². The van der Waals surface area contributed by atoms with Gasteiger partial charge in [0.05, 0.1) is 13.2 Å². The molecule has 0 saturated heterocycles. The van der Waals surface area contributed by atoms with Crippen molar-refractivity contribution in [3.8, 4) is 0 Å². The van der Waals surface area contributed by atoms with E-state index >= 15 is 0 Å². The highest BCUT2D eigenvalue weighted by Crippen LogP contribution is 2.48. The van der Waals surface area contributed by atoms with Gasteiger partial charge in [0.2, 0.25) is 0 Å². The van der Waals surface area contributed by atoms with E-state index in [9.17, 15) is 4.57 Å². The maximum atomic E-state index is 12.6. The molecule has 0 fully saturated rings. The number of hydrogen-bond donors (Lipinski definition) is 0. The lowest BCUT2D eigenvalue weighted by molar-refractivity contribution is 0.126. The molecule has 206 valence electrons. The summed E-state index contributed by atoms with van der Waals surface area (Å²) in [6.45, 7) is 11.1. The van der Waals surface area contributed by atoms with Gasteiger partial charge in [-0.25, -0.2) is 4.57 Å². The fraction of sp³-hybridized carbons (Fsp3) is 1.00. The Bertz CT molecular complexity index is 434. The van der Waals surface area contributed by atoms with Gasteiger partial charge in [-0.05, 0) is 51.7 Å². The van der Waals surface area contributed by atoms with E-state index in [0.29, 0.717) is 13.2 Å². The minimum Gasteiger partial charge on any atom is -0.303 e. The first-order valence-electron chi connectivity index (χ1n) is 14.8. The van der Waals surface area contributed by atoms with E-state index in [0.717, 1.165) is 32.2 Å². The SMILES string of the molecule is CCCCCCCCN(CCCCCCCC)CCCCOP(=O)(OC)OCCCCCCC. The Morgan fingerprint density at radius 2 is 0.824 bits per heavy atom. The molecule has 0 aromatic heterocycles. The zero-order valence-corrected chi connectivity index (χ0v) is 24.4. The van der Waals surface area contributed by atoms with Crippen LogP contribution < -0.4 is 0 Å². The highest BCUT2D eigenvalue weighted by molar-refractivity contribution is 7.48. The molecule has 0 aliphatic carbocycles. The van der Waals surface area contributed by atoms with Crippen LogP contribution in [-0.2, 0) is 18.1 Å². The van der Waals surface area contributed by atoms with Crippen molar-refractivity contribution in [3.63, 3.8) is 0 Å². The van der Waals surface area contributed by atoms with Crippen molar-refractivity contribution in [1.82, 2.24) is 4.90 Å². The Labute approximate surface area is 213 Å². The second-order valence-electron chi connectivity index (χ2n) is 9.79. The van der Waals surface area contributed by atoms with Gasteiger partial charge in [-0.1, -0.05) is 111 Å². The molecule has 0 aromatic carbocycles. The minimum atomic E-state index is -3.40. The van der Waals surface area contributed by atoms with Gasteiger partial charge in [0, 0.05) is 7.11 Å². The summed E-state index contributed by atoms with van der Waals surface area (Å²) in [6.07, 6.45) is 23.8. The van der Waals surface area contributed by atoms with E-state index in [1.165, 1.54) is 117 Å². The summed E-state index contributed by atoms with van der Waals surface area (Å²) in [5, 5.41) is 0. The Morgan fingerprint density at radius 1 is 0.500 bits per heavy atom. The van der Waals surface area contributed by atoms with E-state index in [2.05, 4.69) is 25.7 Å². The number of nitrogens with zero attached hydrogens (tertiary/aromatic N) is 1. The number of rotatable bonds is 28. The van der Waals surface area contributed by atoms with Crippen LogP contribution in [0.25, 0.3) is 0 Å². The lowest BCUT2D eigenvalue weighted by Crippen LogP contribution is -2.27. The normalized spacial score (nSPS) is 13.6. The Hall–Kier alpha value is 0.0700. The van der Waals surface area contributed by atoms with Gasteiger partial charge in [-0.2, -0.15) is 0 Å². The molecule has 0 aromatic rings. The summed E-state index contributed by atoms with van der Waals surface area (Å²) >= 11 is 0. The summed E-state index contributed by atoms with van der Waals surface area (Å²) in [6, 6.07) is 0. The van der Waals surface area contributed by atoms with Crippen molar-refractivity contribution in [2.45, 2.75) is 143 Å². The summed E-state index contributed by atoms with van der Waals surface area (Å²) < 4.78 is 28.7. The number of phosphoric ester groups is 1. The average molecular weight is 506 g/mol. The number of phosphoric acid groups is 1. The third-order valence-electron chi connectivity index (χ3n) is 6.49. The van der Waals surface area contributed by atoms with E-state index in [1.807, 2.05) is 0 Å². The van der Waals surface area contributed by atoms with E-state index in [1.54, 1.807) is 0 Å². The summed E-state index contributed by atoms with van der Waals surface area (Å²) in [5.41, 5.74) is 0. The van der Waals surface area contributed by atoms with Crippen LogP contribution in [0, 0.1) is 0 Å². The lowest BCUT2D eigenvalue weighted by Gasteiger charge is -2.22. The van der Waals surface area contributed by atoms with Gasteiger partial charge >= 0.3 is 7.82 Å². The monoisotopic (exact) mass is 505 g/mol. The molecule has 0 saturated carbocycles. The maximum Gasteiger partial charge on any atom is 0.474 e. The Kier molecular flexibility index (Phi) is 26.2. The third-order valence-corrected chi connectivity index (χ3v) is 7.94. The number of hydrogen-bond acceptors (Lipinski definition) is 5. The van der Waals surface area contributed by atoms with Crippen LogP contribution >= 0.6 is 7.82 Å². The van der Waals surface area contributed by atoms with Crippen molar-refractivity contribution >= 4 is 7.82 Å². The van der Waals surface area contributed by atoms with Gasteiger partial charge in [-0.3, -0.25) is 13.6 Å². The molecule has 6 heteroatoms. The second kappa shape index (κ2) is 26.1. The molecule has 0 spiro atoms. The van der Waals surface area contributed by atoms with Crippen LogP contribution in [0.5, 0.6) is 0 Å². The molecule has 0 aliphatic rings. The van der Waals surface area contributed by atoms with Crippen molar-refractivity contribution in [2.24, 2.45) is 0 Å². The van der Waals surface area contributed by atoms with Crippen molar-refractivity contribution < 1.29 is 18.1 Å². The fourth-order valence-corrected chi connectivity index (χ4v) is 5.20. The predicted molar refractivity (Wildman–Crippen MR) is 148 cm³/mol. The van der Waals surface area contributed by atoms with Crippen molar-refractivity contribution in [2.75, 3.05) is 40.0 Å². The molecule has 0 heterocycles. The first kappa shape index (κ1) is 34.1. The van der Waals surface area contributed by atoms with Gasteiger partial charge in [-0.15, -0.1) is 0 Å². The Balaban J connectivity index is 4.12. The molecular formula is C28H60NO4P. The maximum absolute atomic E-state index is 12.6. The number of unbranched alkanes of at least 4 members (excludes halogenated alkanes) is 15. The summed E-state index contributed by atoms with van der Waals surface area (Å²) in [5.74, 6) is 0. The molecule has 0 aliphatic heterocycles. The zero-order chi connectivity index (χ0) is 25.2. The lowest BCUT2D eigenvalue weighted by atomic mass is 10.1. The first-order valence-corrected chi connectivity index (χ1v) is 16.2. The van der Waals surface area contributed by atoms with Gasteiger partial charge in [0.15, 0.2) is 0 Å². The zero-order valence-electron chi connectivity index (χ0n) is 23.5. The van der Waals surface area contributed by atoms with Crippen LogP contribution in [0.3, 0.4) is 0 Å². The van der Waals surface area contributed by atoms with Crippen LogP contribution in [0.15, 0.2) is 0 Å². The quantitative estimate of drug-likeness (QED) is 0.0782. The average Bonchev–Trinajstić information content (AvgIpc) is 2.84. The second-order valence-corrected chi connectivity index (χ2v) is 11.6. The third kappa shape index (κ3) is 22.5. The molecule has 0 rings (SSSR count). The molecule has 0 radical (unpaired) electrons. The highest BCUT2D eigenvalue weighted by atomic mass is 31.2. The molecule has 1 unspecified atom stereocenters. The van der Waals surface area contributed by atoms with E-state index in [-0.39, 0.29) is 0 Å². The van der Waals surface area contributed by atoms with Crippen LogP contribution in [0.2, 0.25) is 0 Å². The van der Waals surface area contributed by atoms with Crippen molar-refractivity contribution in [3.05, 3.63) is 0 Å². The molecule has 1 atom stereocenters. The van der Waals surface area contributed by atoms with Crippen LogP contribution in [0.4, 0.5) is 0 Å². The Morgan fingerprint density at radius 3 is 1.24 bits per heavy atom. The van der Waals surface area contributed by atoms with Gasteiger partial charge in [0.1, 0.15) is 0 Å². The minimum absolute atomic E-state index is 0.433. The molecule has 5 nitrogen and oxygen atoms in total. The van der Waals surface area contributed by atoms with Crippen LogP contribution in [0.1, 0.15) is 143 Å². The van der Waals surface area contributed by atoms with Crippen LogP contribution in [-0.4, -0.2) is 44.9 Å². The molecule has 0 N–H and O–H groups in total. The fourth-order valence-electron chi connectivity index (χ4n) is 4.21. The molecule has 0 bridgehead atoms. The van der Waals surface area contributed by atoms with Gasteiger partial charge in [0.25, 0.3) is 0 Å². The predicted octanol–water partition coefficient (Wildman–Crippen LogP) is 9.55. The smallest absolute Gasteiger partial charge is 0.303 e. The highest BCUT2D eigenvalue weighted by Gasteiger charge is 2.24. The molecule has 34 heavy (non-hydrogen) atoms. The van der Waals surface area contributed by atoms with Crippen molar-refractivity contribution in [1.29, 1.82) is 0 Å². The summed E-state index contributed by atoms with van der Waals surface area (Å²) in [7, 11) is -1.98. The summed E-state index contributed by atoms with van der Waals surface area (Å²) in [4.78, 5) is 2.64. The first-order chi connectivity index (χ1) is 16.6. The standard InChI is InChI=1S/C28H60NO4P/c1-5-8-11-14-16-19-24-29(25-20-17-15-12-9-6-2)26-21-23-28-33-34(30,31-4)32-27-22-18-13-10-7-3/h5-28H2,1-4H3. The topological polar surface area (TPSA) is 48.0 Å². The van der Waals surface area contributed by atoms with Gasteiger partial charge < -0.3 is 4.90 Å². The molecular weight excluding hydrogens is 445 g/mol.